The molecule has 3 heteroatoms. The van der Waals surface area contributed by atoms with Gasteiger partial charge in [-0.3, -0.25) is 0 Å². The summed E-state index contributed by atoms with van der Waals surface area (Å²) in [6, 6.07) is 0.144. The number of unbranched alkanes of at least 4 members (excludes halogenated alkanes) is 1. The number of nitrogens with one attached hydrogen (secondary N) is 1. The number of urea groups is 1. The smallest absolute Gasteiger partial charge is 0.317 e. The molecule has 2 amide bonds. The van der Waals surface area contributed by atoms with Gasteiger partial charge in [-0.05, 0) is 31.6 Å². The zero-order valence-electron chi connectivity index (χ0n) is 10.8. The summed E-state index contributed by atoms with van der Waals surface area (Å²) in [6.07, 6.45) is 7.10. The van der Waals surface area contributed by atoms with Gasteiger partial charge in [0.2, 0.25) is 0 Å². The summed E-state index contributed by atoms with van der Waals surface area (Å²) in [5.41, 5.74) is 0. The lowest BCUT2D eigenvalue weighted by Gasteiger charge is -2.21. The van der Waals surface area contributed by atoms with E-state index in [9.17, 15) is 4.79 Å². The van der Waals surface area contributed by atoms with Gasteiger partial charge >= 0.3 is 6.03 Å². The van der Waals surface area contributed by atoms with Gasteiger partial charge in [-0.1, -0.05) is 26.7 Å². The van der Waals surface area contributed by atoms with Crippen LogP contribution in [0.4, 0.5) is 4.79 Å². The second-order valence-electron chi connectivity index (χ2n) is 4.78. The summed E-state index contributed by atoms with van der Waals surface area (Å²) in [5, 5.41) is 3.00. The van der Waals surface area contributed by atoms with Crippen molar-refractivity contribution in [2.24, 2.45) is 5.92 Å². The second-order valence-corrected chi connectivity index (χ2v) is 4.78. The lowest BCUT2D eigenvalue weighted by Crippen LogP contribution is -2.40. The van der Waals surface area contributed by atoms with E-state index in [4.69, 9.17) is 0 Å². The highest BCUT2D eigenvalue weighted by atomic mass is 16.2. The van der Waals surface area contributed by atoms with Crippen LogP contribution in [0.25, 0.3) is 0 Å². The third-order valence-corrected chi connectivity index (χ3v) is 3.52. The topological polar surface area (TPSA) is 32.3 Å². The minimum Gasteiger partial charge on any atom is -0.338 e. The van der Waals surface area contributed by atoms with Crippen molar-refractivity contribution in [3.63, 3.8) is 0 Å². The van der Waals surface area contributed by atoms with Crippen LogP contribution in [-0.2, 0) is 0 Å². The molecule has 1 unspecified atom stereocenters. The summed E-state index contributed by atoms with van der Waals surface area (Å²) < 4.78 is 0. The van der Waals surface area contributed by atoms with E-state index in [1.54, 1.807) is 0 Å². The van der Waals surface area contributed by atoms with Crippen molar-refractivity contribution in [3.05, 3.63) is 0 Å². The van der Waals surface area contributed by atoms with E-state index >= 15 is 0 Å². The first kappa shape index (κ1) is 13.3. The maximum absolute atomic E-state index is 11.8. The molecule has 0 aromatic heterocycles. The van der Waals surface area contributed by atoms with Gasteiger partial charge in [0, 0.05) is 19.6 Å². The summed E-state index contributed by atoms with van der Waals surface area (Å²) in [7, 11) is 0. The van der Waals surface area contributed by atoms with Crippen LogP contribution < -0.4 is 5.32 Å². The van der Waals surface area contributed by atoms with Crippen LogP contribution in [-0.4, -0.2) is 30.6 Å². The first-order valence-electron chi connectivity index (χ1n) is 6.80. The Morgan fingerprint density at radius 3 is 2.81 bits per heavy atom. The molecule has 1 saturated heterocycles. The molecule has 3 nitrogen and oxygen atoms in total. The fraction of sp³-hybridized carbons (Fsp3) is 0.923. The minimum absolute atomic E-state index is 0.144. The number of rotatable bonds is 4. The average Bonchev–Trinajstić information content (AvgIpc) is 2.54. The van der Waals surface area contributed by atoms with Gasteiger partial charge in [0.15, 0.2) is 0 Å². The van der Waals surface area contributed by atoms with Crippen LogP contribution in [0.3, 0.4) is 0 Å². The molecule has 0 aromatic carbocycles. The van der Waals surface area contributed by atoms with Crippen LogP contribution >= 0.6 is 0 Å². The monoisotopic (exact) mass is 226 g/mol. The molecule has 94 valence electrons. The molecular weight excluding hydrogens is 200 g/mol. The average molecular weight is 226 g/mol. The number of hydrogen-bond donors (Lipinski definition) is 1. The molecule has 16 heavy (non-hydrogen) atoms. The minimum atomic E-state index is 0.144. The SMILES string of the molecule is CCCCNC(=O)N1CCCC(CC)CC1. The zero-order valence-corrected chi connectivity index (χ0v) is 10.8. The molecule has 0 radical (unpaired) electrons. The van der Waals surface area contributed by atoms with E-state index in [1.165, 1.54) is 25.7 Å². The van der Waals surface area contributed by atoms with Crippen molar-refractivity contribution in [2.75, 3.05) is 19.6 Å². The molecule has 1 aliphatic rings. The highest BCUT2D eigenvalue weighted by Crippen LogP contribution is 2.20. The summed E-state index contributed by atoms with van der Waals surface area (Å²) in [4.78, 5) is 13.8. The quantitative estimate of drug-likeness (QED) is 0.734. The number of carbonyl (C=O) groups is 1. The lowest BCUT2D eigenvalue weighted by atomic mass is 9.98. The normalized spacial score (nSPS) is 21.6. The van der Waals surface area contributed by atoms with Gasteiger partial charge in [0.05, 0.1) is 0 Å². The van der Waals surface area contributed by atoms with E-state index in [1.807, 2.05) is 4.90 Å². The Labute approximate surface area is 99.6 Å². The predicted octanol–water partition coefficient (Wildman–Crippen LogP) is 3.01. The second kappa shape index (κ2) is 7.53. The van der Waals surface area contributed by atoms with Crippen molar-refractivity contribution in [2.45, 2.75) is 52.4 Å². The highest BCUT2D eigenvalue weighted by Gasteiger charge is 2.18. The Morgan fingerprint density at radius 1 is 1.31 bits per heavy atom. The number of nitrogens with zero attached hydrogens (tertiary/aromatic N) is 1. The summed E-state index contributed by atoms with van der Waals surface area (Å²) >= 11 is 0. The van der Waals surface area contributed by atoms with Crippen molar-refractivity contribution < 1.29 is 4.79 Å². The van der Waals surface area contributed by atoms with Crippen molar-refractivity contribution in [1.29, 1.82) is 0 Å². The Morgan fingerprint density at radius 2 is 2.12 bits per heavy atom. The molecule has 1 rings (SSSR count). The lowest BCUT2D eigenvalue weighted by molar-refractivity contribution is 0.199. The van der Waals surface area contributed by atoms with Crippen LogP contribution in [0.5, 0.6) is 0 Å². The third kappa shape index (κ3) is 4.42. The van der Waals surface area contributed by atoms with E-state index in [-0.39, 0.29) is 6.03 Å². The third-order valence-electron chi connectivity index (χ3n) is 3.52. The van der Waals surface area contributed by atoms with Gasteiger partial charge < -0.3 is 10.2 Å². The van der Waals surface area contributed by atoms with E-state index in [2.05, 4.69) is 19.2 Å². The molecule has 0 bridgehead atoms. The fourth-order valence-corrected chi connectivity index (χ4v) is 2.26. The van der Waals surface area contributed by atoms with Crippen molar-refractivity contribution >= 4 is 6.03 Å². The van der Waals surface area contributed by atoms with Crippen LogP contribution in [0.1, 0.15) is 52.4 Å². The molecule has 1 atom stereocenters. The van der Waals surface area contributed by atoms with Crippen molar-refractivity contribution in [3.8, 4) is 0 Å². The number of likely N-dealkylation sites (tertiary alicyclic amines) is 1. The highest BCUT2D eigenvalue weighted by molar-refractivity contribution is 5.74. The predicted molar refractivity (Wildman–Crippen MR) is 67.5 cm³/mol. The maximum Gasteiger partial charge on any atom is 0.317 e. The van der Waals surface area contributed by atoms with Gasteiger partial charge in [-0.25, -0.2) is 4.79 Å². The van der Waals surface area contributed by atoms with Gasteiger partial charge in [-0.2, -0.15) is 0 Å². The maximum atomic E-state index is 11.8. The zero-order chi connectivity index (χ0) is 11.8. The molecule has 0 spiro atoms. The number of amides is 2. The van der Waals surface area contributed by atoms with Crippen LogP contribution in [0.15, 0.2) is 0 Å². The van der Waals surface area contributed by atoms with Crippen LogP contribution in [0.2, 0.25) is 0 Å². The van der Waals surface area contributed by atoms with Gasteiger partial charge in [0.1, 0.15) is 0 Å². The molecule has 1 N–H and O–H groups in total. The Kier molecular flexibility index (Phi) is 6.27. The molecule has 1 aliphatic heterocycles. The van der Waals surface area contributed by atoms with Crippen LogP contribution in [0, 0.1) is 5.92 Å². The number of carbonyl (C=O) groups excluding carboxylic acids is 1. The largest absolute Gasteiger partial charge is 0.338 e. The Hall–Kier alpha value is -0.730. The molecule has 0 saturated carbocycles. The van der Waals surface area contributed by atoms with Gasteiger partial charge in [-0.15, -0.1) is 0 Å². The Bertz CT molecular complexity index is 206. The fourth-order valence-electron chi connectivity index (χ4n) is 2.26. The summed E-state index contributed by atoms with van der Waals surface area (Å²) in [5.74, 6) is 0.827. The first-order chi connectivity index (χ1) is 7.77. The molecule has 1 fully saturated rings. The van der Waals surface area contributed by atoms with Crippen molar-refractivity contribution in [1.82, 2.24) is 10.2 Å². The molecule has 0 aliphatic carbocycles. The standard InChI is InChI=1S/C13H26N2O/c1-3-5-9-14-13(16)15-10-6-7-12(4-2)8-11-15/h12H,3-11H2,1-2H3,(H,14,16). The molecule has 1 heterocycles. The molecular formula is C13H26N2O. The first-order valence-corrected chi connectivity index (χ1v) is 6.80. The Balaban J connectivity index is 2.27. The van der Waals surface area contributed by atoms with Gasteiger partial charge in [0.25, 0.3) is 0 Å². The van der Waals surface area contributed by atoms with E-state index < -0.39 is 0 Å². The summed E-state index contributed by atoms with van der Waals surface area (Å²) in [6.45, 7) is 7.10. The van der Waals surface area contributed by atoms with E-state index in [0.29, 0.717) is 0 Å². The number of hydrogen-bond acceptors (Lipinski definition) is 1. The molecule has 0 aromatic rings. The van der Waals surface area contributed by atoms with E-state index in [0.717, 1.165) is 38.4 Å².